The lowest BCUT2D eigenvalue weighted by molar-refractivity contribution is -0.348. The molecule has 0 aliphatic rings. The summed E-state index contributed by atoms with van der Waals surface area (Å²) < 4.78 is 87.8. The molecular formula is C9H7F7N2. The molecule has 0 saturated carbocycles. The van der Waals surface area contributed by atoms with Crippen molar-refractivity contribution in [1.82, 2.24) is 0 Å². The van der Waals surface area contributed by atoms with Gasteiger partial charge in [0, 0.05) is 16.9 Å². The van der Waals surface area contributed by atoms with Gasteiger partial charge in [-0.05, 0) is 18.2 Å². The molecule has 0 aliphatic carbocycles. The van der Waals surface area contributed by atoms with Crippen molar-refractivity contribution in [3.8, 4) is 0 Å². The molecule has 4 N–H and O–H groups in total. The Morgan fingerprint density at radius 3 is 1.28 bits per heavy atom. The molecule has 0 unspecified atom stereocenters. The molecule has 1 rings (SSSR count). The zero-order valence-corrected chi connectivity index (χ0v) is 8.53. The summed E-state index contributed by atoms with van der Waals surface area (Å²) in [4.78, 5) is 0. The summed E-state index contributed by atoms with van der Waals surface area (Å²) in [5.41, 5.74) is 1.92. The molecule has 1 aromatic rings. The normalized spacial score (nSPS) is 13.7. The van der Waals surface area contributed by atoms with Gasteiger partial charge in [-0.3, -0.25) is 0 Å². The molecule has 0 bridgehead atoms. The van der Waals surface area contributed by atoms with Crippen molar-refractivity contribution < 1.29 is 30.7 Å². The van der Waals surface area contributed by atoms with Crippen LogP contribution in [0.1, 0.15) is 5.56 Å². The molecule has 0 aromatic heterocycles. The van der Waals surface area contributed by atoms with E-state index in [2.05, 4.69) is 0 Å². The van der Waals surface area contributed by atoms with Crippen LogP contribution in [-0.2, 0) is 5.67 Å². The molecule has 0 amide bonds. The van der Waals surface area contributed by atoms with Crippen molar-refractivity contribution in [1.29, 1.82) is 0 Å². The lowest BCUT2D eigenvalue weighted by Gasteiger charge is -2.30. The van der Waals surface area contributed by atoms with Gasteiger partial charge in [-0.25, -0.2) is 4.39 Å². The van der Waals surface area contributed by atoms with E-state index in [0.29, 0.717) is 0 Å². The van der Waals surface area contributed by atoms with Crippen LogP contribution in [0.15, 0.2) is 18.2 Å². The zero-order valence-electron chi connectivity index (χ0n) is 8.53. The Morgan fingerprint density at radius 1 is 0.667 bits per heavy atom. The number of hydrogen-bond donors (Lipinski definition) is 2. The molecule has 1 aromatic carbocycles. The first-order chi connectivity index (χ1) is 7.89. The second-order valence-corrected chi connectivity index (χ2v) is 3.54. The number of hydrogen-bond acceptors (Lipinski definition) is 2. The molecule has 0 atom stereocenters. The van der Waals surface area contributed by atoms with Crippen LogP contribution in [0.5, 0.6) is 0 Å². The van der Waals surface area contributed by atoms with Gasteiger partial charge in [0.2, 0.25) is 0 Å². The molecule has 0 saturated heterocycles. The minimum Gasteiger partial charge on any atom is -0.399 e. The summed E-state index contributed by atoms with van der Waals surface area (Å²) in [5, 5.41) is 0. The van der Waals surface area contributed by atoms with E-state index in [4.69, 9.17) is 11.5 Å². The molecule has 0 fully saturated rings. The number of anilines is 2. The summed E-state index contributed by atoms with van der Waals surface area (Å²) in [6.45, 7) is 0. The van der Waals surface area contributed by atoms with Gasteiger partial charge in [-0.15, -0.1) is 0 Å². The highest BCUT2D eigenvalue weighted by molar-refractivity contribution is 5.56. The zero-order chi connectivity index (χ0) is 14.4. The fraction of sp³-hybridized carbons (Fsp3) is 0.333. The predicted molar refractivity (Wildman–Crippen MR) is 50.2 cm³/mol. The molecule has 9 heteroatoms. The van der Waals surface area contributed by atoms with Crippen LogP contribution in [0.4, 0.5) is 42.1 Å². The van der Waals surface area contributed by atoms with Crippen LogP contribution in [-0.4, -0.2) is 12.4 Å². The maximum absolute atomic E-state index is 13.5. The van der Waals surface area contributed by atoms with Crippen LogP contribution in [0, 0.1) is 0 Å². The lowest BCUT2D eigenvalue weighted by atomic mass is 9.93. The number of alkyl halides is 7. The second kappa shape index (κ2) is 3.92. The Balaban J connectivity index is 3.55. The SMILES string of the molecule is Nc1cc(N)cc(C(F)(C(F)(F)F)C(F)(F)F)c1. The van der Waals surface area contributed by atoms with Crippen LogP contribution in [0.25, 0.3) is 0 Å². The van der Waals surface area contributed by atoms with E-state index < -0.39 is 35.0 Å². The third kappa shape index (κ3) is 2.16. The predicted octanol–water partition coefficient (Wildman–Crippen LogP) is 3.14. The number of halogens is 7. The first kappa shape index (κ1) is 14.4. The van der Waals surface area contributed by atoms with E-state index in [9.17, 15) is 30.7 Å². The van der Waals surface area contributed by atoms with Gasteiger partial charge >= 0.3 is 18.0 Å². The summed E-state index contributed by atoms with van der Waals surface area (Å²) in [6.07, 6.45) is -12.4. The van der Waals surface area contributed by atoms with Gasteiger partial charge < -0.3 is 11.5 Å². The minimum atomic E-state index is -6.18. The van der Waals surface area contributed by atoms with Crippen LogP contribution in [0.3, 0.4) is 0 Å². The summed E-state index contributed by atoms with van der Waals surface area (Å²) in [5.74, 6) is 0. The van der Waals surface area contributed by atoms with Crippen molar-refractivity contribution in [2.75, 3.05) is 11.5 Å². The summed E-state index contributed by atoms with van der Waals surface area (Å²) in [7, 11) is 0. The van der Waals surface area contributed by atoms with Crippen molar-refractivity contribution in [2.45, 2.75) is 18.0 Å². The quantitative estimate of drug-likeness (QED) is 0.611. The van der Waals surface area contributed by atoms with Gasteiger partial charge in [0.05, 0.1) is 0 Å². The van der Waals surface area contributed by atoms with E-state index in [1.54, 1.807) is 0 Å². The van der Waals surface area contributed by atoms with Crippen molar-refractivity contribution in [3.63, 3.8) is 0 Å². The fourth-order valence-electron chi connectivity index (χ4n) is 1.36. The van der Waals surface area contributed by atoms with Crippen LogP contribution < -0.4 is 11.5 Å². The van der Waals surface area contributed by atoms with Gasteiger partial charge in [0.1, 0.15) is 0 Å². The highest BCUT2D eigenvalue weighted by Crippen LogP contribution is 2.53. The van der Waals surface area contributed by atoms with Gasteiger partial charge in [-0.1, -0.05) is 0 Å². The summed E-state index contributed by atoms with van der Waals surface area (Å²) >= 11 is 0. The van der Waals surface area contributed by atoms with E-state index in [-0.39, 0.29) is 12.1 Å². The van der Waals surface area contributed by atoms with Gasteiger partial charge in [0.15, 0.2) is 0 Å². The molecule has 0 heterocycles. The monoisotopic (exact) mass is 276 g/mol. The molecule has 2 nitrogen and oxygen atoms in total. The third-order valence-corrected chi connectivity index (χ3v) is 2.16. The molecular weight excluding hydrogens is 269 g/mol. The third-order valence-electron chi connectivity index (χ3n) is 2.16. The minimum absolute atomic E-state index is 0.247. The number of rotatable bonds is 1. The maximum atomic E-state index is 13.5. The van der Waals surface area contributed by atoms with Gasteiger partial charge in [0.25, 0.3) is 0 Å². The fourth-order valence-corrected chi connectivity index (χ4v) is 1.36. The highest BCUT2D eigenvalue weighted by atomic mass is 19.4. The number of benzene rings is 1. The van der Waals surface area contributed by atoms with E-state index in [1.165, 1.54) is 0 Å². The summed E-state index contributed by atoms with van der Waals surface area (Å²) in [6, 6.07) is 1.41. The first-order valence-corrected chi connectivity index (χ1v) is 4.38. The van der Waals surface area contributed by atoms with Crippen molar-refractivity contribution in [2.24, 2.45) is 0 Å². The standard InChI is InChI=1S/C9H7F7N2/c10-7(8(11,12)13,9(14,15)16)4-1-5(17)3-6(18)2-4/h1-3H,17-18H2. The molecule has 0 aliphatic heterocycles. The average Bonchev–Trinajstić information content (AvgIpc) is 2.11. The Hall–Kier alpha value is -1.67. The van der Waals surface area contributed by atoms with E-state index >= 15 is 0 Å². The van der Waals surface area contributed by atoms with Gasteiger partial charge in [-0.2, -0.15) is 26.3 Å². The number of nitrogens with two attached hydrogens (primary N) is 2. The largest absolute Gasteiger partial charge is 0.435 e. The number of nitrogen functional groups attached to an aromatic ring is 2. The molecule has 102 valence electrons. The Labute approximate surface area is 96.4 Å². The highest BCUT2D eigenvalue weighted by Gasteiger charge is 2.73. The van der Waals surface area contributed by atoms with Crippen LogP contribution >= 0.6 is 0 Å². The maximum Gasteiger partial charge on any atom is 0.435 e. The average molecular weight is 276 g/mol. The molecule has 0 spiro atoms. The molecule has 18 heavy (non-hydrogen) atoms. The van der Waals surface area contributed by atoms with E-state index in [1.807, 2.05) is 0 Å². The Morgan fingerprint density at radius 2 is 1.00 bits per heavy atom. The van der Waals surface area contributed by atoms with E-state index in [0.717, 1.165) is 6.07 Å². The smallest absolute Gasteiger partial charge is 0.399 e. The van der Waals surface area contributed by atoms with Crippen molar-refractivity contribution in [3.05, 3.63) is 23.8 Å². The topological polar surface area (TPSA) is 52.0 Å². The lowest BCUT2D eigenvalue weighted by Crippen LogP contribution is -2.50. The first-order valence-electron chi connectivity index (χ1n) is 4.38. The second-order valence-electron chi connectivity index (χ2n) is 3.54. The van der Waals surface area contributed by atoms with Crippen LogP contribution in [0.2, 0.25) is 0 Å². The Bertz CT molecular complexity index is 415. The van der Waals surface area contributed by atoms with Crippen molar-refractivity contribution >= 4 is 11.4 Å². The molecule has 0 radical (unpaired) electrons. The Kier molecular flexibility index (Phi) is 3.14.